The molecule has 0 spiro atoms. The standard InChI is InChI=1S/C23H18F3N5O2/c24-23(25,26)33-18-9-6-15(7-10-18)13-31-14-21(29-30-31)22(32)28-20-12-17(8-11-19(20)27)16-4-2-1-3-5-16/h1-12,14H,13,27H2,(H,28,32). The third-order valence-corrected chi connectivity index (χ3v) is 4.68. The molecule has 4 aromatic rings. The summed E-state index contributed by atoms with van der Waals surface area (Å²) in [6, 6.07) is 20.3. The maximum absolute atomic E-state index is 12.7. The van der Waals surface area contributed by atoms with E-state index in [2.05, 4.69) is 20.4 Å². The van der Waals surface area contributed by atoms with Gasteiger partial charge < -0.3 is 15.8 Å². The van der Waals surface area contributed by atoms with Crippen molar-refractivity contribution in [2.24, 2.45) is 0 Å². The topological polar surface area (TPSA) is 95.1 Å². The van der Waals surface area contributed by atoms with Crippen molar-refractivity contribution >= 4 is 17.3 Å². The van der Waals surface area contributed by atoms with Crippen LogP contribution in [-0.2, 0) is 6.54 Å². The molecule has 1 aromatic heterocycles. The molecule has 0 fully saturated rings. The highest BCUT2D eigenvalue weighted by Crippen LogP contribution is 2.27. The van der Waals surface area contributed by atoms with Crippen LogP contribution in [0.3, 0.4) is 0 Å². The summed E-state index contributed by atoms with van der Waals surface area (Å²) in [7, 11) is 0. The normalized spacial score (nSPS) is 11.2. The van der Waals surface area contributed by atoms with E-state index in [0.717, 1.165) is 11.1 Å². The molecule has 1 heterocycles. The first kappa shape index (κ1) is 21.9. The Kier molecular flexibility index (Phi) is 5.99. The SMILES string of the molecule is Nc1ccc(-c2ccccc2)cc1NC(=O)c1cn(Cc2ccc(OC(F)(F)F)cc2)nn1. The zero-order valence-corrected chi connectivity index (χ0v) is 17.1. The number of alkyl halides is 3. The molecule has 0 aliphatic rings. The van der Waals surface area contributed by atoms with Crippen molar-refractivity contribution in [1.29, 1.82) is 0 Å². The summed E-state index contributed by atoms with van der Waals surface area (Å²) < 4.78 is 42.0. The van der Waals surface area contributed by atoms with Crippen LogP contribution in [0.25, 0.3) is 11.1 Å². The van der Waals surface area contributed by atoms with Crippen LogP contribution in [-0.4, -0.2) is 27.3 Å². The Morgan fingerprint density at radius 2 is 1.73 bits per heavy atom. The molecule has 0 unspecified atom stereocenters. The van der Waals surface area contributed by atoms with E-state index in [9.17, 15) is 18.0 Å². The van der Waals surface area contributed by atoms with Crippen molar-refractivity contribution in [2.75, 3.05) is 11.1 Å². The van der Waals surface area contributed by atoms with E-state index in [0.29, 0.717) is 16.9 Å². The van der Waals surface area contributed by atoms with Crippen LogP contribution in [0.4, 0.5) is 24.5 Å². The third kappa shape index (κ3) is 5.67. The first-order valence-electron chi connectivity index (χ1n) is 9.78. The van der Waals surface area contributed by atoms with Crippen LogP contribution in [0.15, 0.2) is 79.0 Å². The third-order valence-electron chi connectivity index (χ3n) is 4.68. The molecule has 0 aliphatic carbocycles. The fraction of sp³-hybridized carbons (Fsp3) is 0.0870. The lowest BCUT2D eigenvalue weighted by molar-refractivity contribution is -0.274. The first-order valence-corrected chi connectivity index (χ1v) is 9.78. The molecule has 0 saturated carbocycles. The second kappa shape index (κ2) is 9.03. The smallest absolute Gasteiger partial charge is 0.406 e. The van der Waals surface area contributed by atoms with Crippen molar-refractivity contribution in [2.45, 2.75) is 12.9 Å². The number of carbonyl (C=O) groups is 1. The van der Waals surface area contributed by atoms with Crippen LogP contribution < -0.4 is 15.8 Å². The molecule has 0 bridgehead atoms. The van der Waals surface area contributed by atoms with Gasteiger partial charge in [0, 0.05) is 0 Å². The Hall–Kier alpha value is -4.34. The number of hydrogen-bond donors (Lipinski definition) is 2. The number of carbonyl (C=O) groups excluding carboxylic acids is 1. The minimum atomic E-state index is -4.75. The Morgan fingerprint density at radius 3 is 2.42 bits per heavy atom. The summed E-state index contributed by atoms with van der Waals surface area (Å²) in [5.41, 5.74) is 9.44. The van der Waals surface area contributed by atoms with Gasteiger partial charge in [-0.3, -0.25) is 4.79 Å². The number of nitrogens with one attached hydrogen (secondary N) is 1. The molecule has 3 aromatic carbocycles. The van der Waals surface area contributed by atoms with Crippen molar-refractivity contribution < 1.29 is 22.7 Å². The predicted octanol–water partition coefficient (Wildman–Crippen LogP) is 4.73. The minimum Gasteiger partial charge on any atom is -0.406 e. The van der Waals surface area contributed by atoms with E-state index in [1.807, 2.05) is 36.4 Å². The van der Waals surface area contributed by atoms with Crippen LogP contribution in [0.5, 0.6) is 5.75 Å². The zero-order chi connectivity index (χ0) is 23.4. The fourth-order valence-electron chi connectivity index (χ4n) is 3.12. The summed E-state index contributed by atoms with van der Waals surface area (Å²) >= 11 is 0. The summed E-state index contributed by atoms with van der Waals surface area (Å²) in [4.78, 5) is 12.7. The number of hydrogen-bond acceptors (Lipinski definition) is 5. The number of nitrogens with two attached hydrogens (primary N) is 1. The van der Waals surface area contributed by atoms with Crippen LogP contribution in [0.2, 0.25) is 0 Å². The molecular weight excluding hydrogens is 435 g/mol. The Bertz CT molecular complexity index is 1260. The number of halogens is 3. The van der Waals surface area contributed by atoms with Crippen LogP contribution >= 0.6 is 0 Å². The van der Waals surface area contributed by atoms with Gasteiger partial charge in [-0.1, -0.05) is 53.7 Å². The molecule has 33 heavy (non-hydrogen) atoms. The maximum atomic E-state index is 12.7. The summed E-state index contributed by atoms with van der Waals surface area (Å²) in [5, 5.41) is 10.5. The van der Waals surface area contributed by atoms with Gasteiger partial charge in [0.2, 0.25) is 0 Å². The van der Waals surface area contributed by atoms with Gasteiger partial charge in [-0.2, -0.15) is 0 Å². The van der Waals surface area contributed by atoms with Gasteiger partial charge in [0.05, 0.1) is 24.1 Å². The van der Waals surface area contributed by atoms with Gasteiger partial charge in [0.1, 0.15) is 5.75 Å². The number of nitrogen functional groups attached to an aromatic ring is 1. The monoisotopic (exact) mass is 453 g/mol. The lowest BCUT2D eigenvalue weighted by Crippen LogP contribution is -2.17. The molecule has 4 rings (SSSR count). The van der Waals surface area contributed by atoms with E-state index >= 15 is 0 Å². The molecular formula is C23H18F3N5O2. The molecule has 3 N–H and O–H groups in total. The lowest BCUT2D eigenvalue weighted by atomic mass is 10.0. The van der Waals surface area contributed by atoms with Gasteiger partial charge in [-0.25, -0.2) is 4.68 Å². The van der Waals surface area contributed by atoms with Gasteiger partial charge in [-0.05, 0) is 41.0 Å². The molecule has 0 aliphatic heterocycles. The molecule has 10 heteroatoms. The number of aromatic nitrogens is 3. The first-order chi connectivity index (χ1) is 15.8. The number of rotatable bonds is 6. The second-order valence-corrected chi connectivity index (χ2v) is 7.12. The Morgan fingerprint density at radius 1 is 1.00 bits per heavy atom. The average molecular weight is 453 g/mol. The molecule has 0 atom stereocenters. The summed E-state index contributed by atoms with van der Waals surface area (Å²) in [5.74, 6) is -0.813. The zero-order valence-electron chi connectivity index (χ0n) is 17.1. The highest BCUT2D eigenvalue weighted by atomic mass is 19.4. The lowest BCUT2D eigenvalue weighted by Gasteiger charge is -2.10. The minimum absolute atomic E-state index is 0.0662. The quantitative estimate of drug-likeness (QED) is 0.412. The van der Waals surface area contributed by atoms with Crippen molar-refractivity contribution in [3.8, 4) is 16.9 Å². The maximum Gasteiger partial charge on any atom is 0.573 e. The highest BCUT2D eigenvalue weighted by molar-refractivity contribution is 6.04. The molecule has 7 nitrogen and oxygen atoms in total. The van der Waals surface area contributed by atoms with Gasteiger partial charge in [0.15, 0.2) is 5.69 Å². The number of nitrogens with zero attached hydrogens (tertiary/aromatic N) is 3. The molecule has 168 valence electrons. The summed E-state index contributed by atoms with van der Waals surface area (Å²) in [6.07, 6.45) is -3.31. The van der Waals surface area contributed by atoms with Gasteiger partial charge in [-0.15, -0.1) is 18.3 Å². The van der Waals surface area contributed by atoms with E-state index in [1.54, 1.807) is 12.1 Å². The van der Waals surface area contributed by atoms with Crippen molar-refractivity contribution in [3.63, 3.8) is 0 Å². The average Bonchev–Trinajstić information content (AvgIpc) is 3.25. The molecule has 0 saturated heterocycles. The van der Waals surface area contributed by atoms with Crippen molar-refractivity contribution in [1.82, 2.24) is 15.0 Å². The number of ether oxygens (including phenoxy) is 1. The largest absolute Gasteiger partial charge is 0.573 e. The van der Waals surface area contributed by atoms with Crippen LogP contribution in [0.1, 0.15) is 16.1 Å². The predicted molar refractivity (Wildman–Crippen MR) is 116 cm³/mol. The van der Waals surface area contributed by atoms with E-state index in [-0.39, 0.29) is 18.0 Å². The molecule has 1 amide bonds. The number of anilines is 2. The number of benzene rings is 3. The summed E-state index contributed by atoms with van der Waals surface area (Å²) in [6.45, 7) is 0.207. The van der Waals surface area contributed by atoms with Crippen molar-refractivity contribution in [3.05, 3.63) is 90.3 Å². The van der Waals surface area contributed by atoms with Crippen LogP contribution in [0, 0.1) is 0 Å². The number of amides is 1. The van der Waals surface area contributed by atoms with Gasteiger partial charge >= 0.3 is 6.36 Å². The second-order valence-electron chi connectivity index (χ2n) is 7.12. The van der Waals surface area contributed by atoms with E-state index in [1.165, 1.54) is 35.1 Å². The molecule has 0 radical (unpaired) electrons. The Labute approximate surface area is 186 Å². The fourth-order valence-corrected chi connectivity index (χ4v) is 3.12. The Balaban J connectivity index is 1.43. The van der Waals surface area contributed by atoms with Gasteiger partial charge in [0.25, 0.3) is 5.91 Å². The van der Waals surface area contributed by atoms with E-state index in [4.69, 9.17) is 5.73 Å². The highest BCUT2D eigenvalue weighted by Gasteiger charge is 2.30. The van der Waals surface area contributed by atoms with E-state index < -0.39 is 12.3 Å².